The quantitative estimate of drug-likeness (QED) is 0.446. The fraction of sp³-hybridized carbons (Fsp3) is 0.778. The molecule has 0 spiro atoms. The number of nitrogens with two attached hydrogens (primary N) is 1. The van der Waals surface area contributed by atoms with Gasteiger partial charge in [0.15, 0.2) is 0 Å². The molecular formula is C9H18N4O2. The fourth-order valence-electron chi connectivity index (χ4n) is 1.41. The van der Waals surface area contributed by atoms with Gasteiger partial charge < -0.3 is 20.7 Å². The summed E-state index contributed by atoms with van der Waals surface area (Å²) in [5.74, 6) is -0.000825. The maximum Gasteiger partial charge on any atom is 0.318 e. The molecule has 1 fully saturated rings. The van der Waals surface area contributed by atoms with Crippen molar-refractivity contribution in [1.29, 1.82) is 5.41 Å². The summed E-state index contributed by atoms with van der Waals surface area (Å²) in [7, 11) is 0. The number of hydrogen-bond acceptors (Lipinski definition) is 3. The Kier molecular flexibility index (Phi) is 4.36. The van der Waals surface area contributed by atoms with Gasteiger partial charge in [0, 0.05) is 13.1 Å². The summed E-state index contributed by atoms with van der Waals surface area (Å²) < 4.78 is 5.14. The molecule has 86 valence electrons. The molecule has 6 heteroatoms. The zero-order valence-electron chi connectivity index (χ0n) is 8.95. The van der Waals surface area contributed by atoms with E-state index in [1.165, 1.54) is 0 Å². The zero-order chi connectivity index (χ0) is 11.3. The van der Waals surface area contributed by atoms with Gasteiger partial charge in [0.05, 0.1) is 19.3 Å². The topological polar surface area (TPSA) is 91.4 Å². The van der Waals surface area contributed by atoms with E-state index in [-0.39, 0.29) is 17.9 Å². The van der Waals surface area contributed by atoms with Crippen molar-refractivity contribution in [3.05, 3.63) is 0 Å². The summed E-state index contributed by atoms with van der Waals surface area (Å²) in [4.78, 5) is 13.4. The molecule has 0 aromatic heterocycles. The van der Waals surface area contributed by atoms with Crippen LogP contribution in [0, 0.1) is 5.41 Å². The first-order valence-electron chi connectivity index (χ1n) is 5.12. The number of amidine groups is 1. The van der Waals surface area contributed by atoms with Crippen LogP contribution in [0.4, 0.5) is 4.79 Å². The second-order valence-corrected chi connectivity index (χ2v) is 3.47. The van der Waals surface area contributed by atoms with Crippen LogP contribution in [0.2, 0.25) is 0 Å². The number of nitrogens with one attached hydrogen (secondary N) is 2. The van der Waals surface area contributed by atoms with Crippen LogP contribution in [0.1, 0.15) is 13.3 Å². The predicted octanol–water partition coefficient (Wildman–Crippen LogP) is -0.257. The third-order valence-electron chi connectivity index (χ3n) is 2.38. The van der Waals surface area contributed by atoms with Crippen LogP contribution in [0.25, 0.3) is 0 Å². The molecule has 1 heterocycles. The van der Waals surface area contributed by atoms with E-state index in [0.717, 1.165) is 0 Å². The van der Waals surface area contributed by atoms with Crippen LogP contribution in [0.5, 0.6) is 0 Å². The second-order valence-electron chi connectivity index (χ2n) is 3.47. The maximum atomic E-state index is 11.7. The number of rotatable bonds is 3. The molecule has 0 aromatic rings. The lowest BCUT2D eigenvalue weighted by atomic mass is 10.2. The lowest BCUT2D eigenvalue weighted by Crippen LogP contribution is -2.52. The van der Waals surface area contributed by atoms with Gasteiger partial charge in [-0.2, -0.15) is 0 Å². The molecule has 0 bridgehead atoms. The lowest BCUT2D eigenvalue weighted by Gasteiger charge is -2.28. The van der Waals surface area contributed by atoms with Crippen molar-refractivity contribution in [3.8, 4) is 0 Å². The van der Waals surface area contributed by atoms with Crippen molar-refractivity contribution < 1.29 is 9.53 Å². The van der Waals surface area contributed by atoms with Gasteiger partial charge in [0.25, 0.3) is 0 Å². The Morgan fingerprint density at radius 2 is 2.20 bits per heavy atom. The zero-order valence-corrected chi connectivity index (χ0v) is 8.95. The molecule has 1 saturated heterocycles. The molecule has 4 N–H and O–H groups in total. The van der Waals surface area contributed by atoms with E-state index < -0.39 is 0 Å². The summed E-state index contributed by atoms with van der Waals surface area (Å²) >= 11 is 0. The Morgan fingerprint density at radius 3 is 2.67 bits per heavy atom. The minimum Gasteiger partial charge on any atom is -0.386 e. The molecule has 0 saturated carbocycles. The molecule has 0 aliphatic carbocycles. The minimum atomic E-state index is -0.361. The fourth-order valence-corrected chi connectivity index (χ4v) is 1.41. The Hall–Kier alpha value is -1.30. The van der Waals surface area contributed by atoms with Crippen LogP contribution in [-0.4, -0.2) is 49.1 Å². The molecule has 1 aliphatic heterocycles. The number of urea groups is 1. The first-order chi connectivity index (χ1) is 7.15. The van der Waals surface area contributed by atoms with Crippen LogP contribution < -0.4 is 11.1 Å². The van der Waals surface area contributed by atoms with E-state index in [4.69, 9.17) is 15.9 Å². The first kappa shape index (κ1) is 11.8. The van der Waals surface area contributed by atoms with E-state index in [2.05, 4.69) is 5.32 Å². The van der Waals surface area contributed by atoms with Crippen LogP contribution in [0.15, 0.2) is 0 Å². The highest BCUT2D eigenvalue weighted by atomic mass is 16.5. The molecule has 0 radical (unpaired) electrons. The molecule has 1 atom stereocenters. The predicted molar refractivity (Wildman–Crippen MR) is 56.9 cm³/mol. The number of hydrogen-bond donors (Lipinski definition) is 3. The van der Waals surface area contributed by atoms with Crippen molar-refractivity contribution in [1.82, 2.24) is 10.2 Å². The Labute approximate surface area is 89.3 Å². The number of morpholine rings is 1. The van der Waals surface area contributed by atoms with Crippen LogP contribution in [-0.2, 0) is 4.74 Å². The van der Waals surface area contributed by atoms with Gasteiger partial charge in [-0.05, 0) is 6.42 Å². The highest BCUT2D eigenvalue weighted by Gasteiger charge is 2.20. The van der Waals surface area contributed by atoms with Gasteiger partial charge >= 0.3 is 6.03 Å². The molecule has 0 aromatic carbocycles. The van der Waals surface area contributed by atoms with E-state index >= 15 is 0 Å². The number of amides is 2. The van der Waals surface area contributed by atoms with Crippen LogP contribution >= 0.6 is 0 Å². The van der Waals surface area contributed by atoms with E-state index in [1.807, 2.05) is 6.92 Å². The van der Waals surface area contributed by atoms with Gasteiger partial charge in [-0.15, -0.1) is 0 Å². The van der Waals surface area contributed by atoms with E-state index in [0.29, 0.717) is 32.7 Å². The number of carbonyl (C=O) groups is 1. The van der Waals surface area contributed by atoms with Crippen molar-refractivity contribution in [2.24, 2.45) is 5.73 Å². The number of ether oxygens (including phenoxy) is 1. The highest BCUT2D eigenvalue weighted by Crippen LogP contribution is 1.99. The van der Waals surface area contributed by atoms with Gasteiger partial charge in [-0.3, -0.25) is 5.41 Å². The molecule has 15 heavy (non-hydrogen) atoms. The highest BCUT2D eigenvalue weighted by molar-refractivity contribution is 5.87. The van der Waals surface area contributed by atoms with Gasteiger partial charge in [0.1, 0.15) is 5.84 Å². The molecule has 1 aliphatic rings. The Bertz CT molecular complexity index is 238. The molecule has 1 rings (SSSR count). The van der Waals surface area contributed by atoms with Crippen molar-refractivity contribution in [2.45, 2.75) is 19.4 Å². The van der Waals surface area contributed by atoms with Crippen molar-refractivity contribution >= 4 is 11.9 Å². The van der Waals surface area contributed by atoms with Crippen LogP contribution in [0.3, 0.4) is 0 Å². The van der Waals surface area contributed by atoms with Crippen molar-refractivity contribution in [3.63, 3.8) is 0 Å². The summed E-state index contributed by atoms with van der Waals surface area (Å²) in [5.41, 5.74) is 5.35. The average molecular weight is 214 g/mol. The standard InChI is InChI=1S/C9H18N4O2/c1-2-7(8(10)11)12-9(14)13-3-5-15-6-4-13/h7H,2-6H2,1H3,(H3,10,11)(H,12,14). The van der Waals surface area contributed by atoms with Gasteiger partial charge in [-0.1, -0.05) is 6.92 Å². The van der Waals surface area contributed by atoms with Crippen molar-refractivity contribution in [2.75, 3.05) is 26.3 Å². The van der Waals surface area contributed by atoms with E-state index in [1.54, 1.807) is 4.90 Å². The normalized spacial score (nSPS) is 18.3. The number of nitrogens with zero attached hydrogens (tertiary/aromatic N) is 1. The molecule has 2 amide bonds. The molecule has 6 nitrogen and oxygen atoms in total. The summed E-state index contributed by atoms with van der Waals surface area (Å²) in [6.07, 6.45) is 0.630. The van der Waals surface area contributed by atoms with E-state index in [9.17, 15) is 4.79 Å². The third-order valence-corrected chi connectivity index (χ3v) is 2.38. The summed E-state index contributed by atoms with van der Waals surface area (Å²) in [6.45, 7) is 4.22. The number of carbonyl (C=O) groups excluding carboxylic acids is 1. The largest absolute Gasteiger partial charge is 0.386 e. The van der Waals surface area contributed by atoms with Gasteiger partial charge in [-0.25, -0.2) is 4.79 Å². The SMILES string of the molecule is CCC(NC(=O)N1CCOCC1)C(=N)N. The maximum absolute atomic E-state index is 11.7. The summed E-state index contributed by atoms with van der Waals surface area (Å²) in [6, 6.07) is -0.527. The first-order valence-corrected chi connectivity index (χ1v) is 5.12. The second kappa shape index (κ2) is 5.55. The average Bonchev–Trinajstić information content (AvgIpc) is 2.26. The molecule has 1 unspecified atom stereocenters. The molecular weight excluding hydrogens is 196 g/mol. The lowest BCUT2D eigenvalue weighted by molar-refractivity contribution is 0.0529. The minimum absolute atomic E-state index is 0.000825. The summed E-state index contributed by atoms with van der Waals surface area (Å²) in [5, 5.41) is 10.00. The monoisotopic (exact) mass is 214 g/mol. The smallest absolute Gasteiger partial charge is 0.318 e. The Morgan fingerprint density at radius 1 is 1.60 bits per heavy atom. The Balaban J connectivity index is 2.42. The van der Waals surface area contributed by atoms with Gasteiger partial charge in [0.2, 0.25) is 0 Å². The third kappa shape index (κ3) is 3.39.